The van der Waals surface area contributed by atoms with Crippen LogP contribution in [0.2, 0.25) is 0 Å². The summed E-state index contributed by atoms with van der Waals surface area (Å²) < 4.78 is 33.7. The Labute approximate surface area is 161 Å². The van der Waals surface area contributed by atoms with Gasteiger partial charge in [-0.1, -0.05) is 0 Å². The van der Waals surface area contributed by atoms with Crippen LogP contribution in [0.15, 0.2) is 51.8 Å². The van der Waals surface area contributed by atoms with Gasteiger partial charge >= 0.3 is 0 Å². The molecule has 0 aliphatic heterocycles. The van der Waals surface area contributed by atoms with E-state index in [0.29, 0.717) is 28.2 Å². The van der Waals surface area contributed by atoms with Crippen molar-refractivity contribution in [3.8, 4) is 5.75 Å². The van der Waals surface area contributed by atoms with Crippen LogP contribution in [0.5, 0.6) is 5.75 Å². The van der Waals surface area contributed by atoms with Crippen molar-refractivity contribution in [2.24, 2.45) is 5.92 Å². The minimum Gasteiger partial charge on any atom is -0.493 e. The molecule has 6 nitrogen and oxygen atoms in total. The number of rotatable bonds is 7. The van der Waals surface area contributed by atoms with Gasteiger partial charge in [0, 0.05) is 11.6 Å². The van der Waals surface area contributed by atoms with Crippen molar-refractivity contribution in [1.82, 2.24) is 0 Å². The van der Waals surface area contributed by atoms with E-state index in [1.165, 1.54) is 12.1 Å². The summed E-state index contributed by atoms with van der Waals surface area (Å²) in [5.41, 5.74) is 1.01. The first-order valence-corrected chi connectivity index (χ1v) is 10.5. The lowest BCUT2D eigenvalue weighted by Crippen LogP contribution is -2.15. The van der Waals surface area contributed by atoms with Crippen molar-refractivity contribution in [3.05, 3.63) is 46.9 Å². The van der Waals surface area contributed by atoms with Crippen LogP contribution in [0.3, 0.4) is 0 Å². The average molecular weight is 439 g/mol. The number of hydrogen-bond acceptors (Lipinski definition) is 4. The Balaban J connectivity index is 1.71. The average Bonchev–Trinajstić information content (AvgIpc) is 3.43. The first kappa shape index (κ1) is 18.7. The van der Waals surface area contributed by atoms with Gasteiger partial charge in [-0.05, 0) is 78.2 Å². The maximum atomic E-state index is 12.5. The summed E-state index contributed by atoms with van der Waals surface area (Å²) in [7, 11) is -3.73. The molecule has 1 fully saturated rings. The number of hydrogen-bond donors (Lipinski definition) is 2. The van der Waals surface area contributed by atoms with E-state index in [2.05, 4.69) is 26.0 Å². The van der Waals surface area contributed by atoms with Crippen LogP contribution in [0.1, 0.15) is 19.8 Å². The predicted molar refractivity (Wildman–Crippen MR) is 104 cm³/mol. The maximum absolute atomic E-state index is 12.5. The maximum Gasteiger partial charge on any atom is 0.261 e. The third-order valence-corrected chi connectivity index (χ3v) is 5.88. The summed E-state index contributed by atoms with van der Waals surface area (Å²) in [4.78, 5) is 11.9. The van der Waals surface area contributed by atoms with E-state index in [0.717, 1.165) is 12.8 Å². The lowest BCUT2D eigenvalue weighted by molar-refractivity contribution is -0.117. The molecule has 1 aliphatic carbocycles. The molecule has 0 spiro atoms. The standard InChI is InChI=1S/C18H19BrN2O4S/c1-2-25-17-10-7-14(11-16(17)19)21-26(23,24)15-8-5-13(6-9-15)20-18(22)12-3-4-12/h5-12,21H,2-4H2,1H3,(H,20,22). The van der Waals surface area contributed by atoms with E-state index in [1.54, 1.807) is 30.3 Å². The van der Waals surface area contributed by atoms with Gasteiger partial charge in [-0.3, -0.25) is 9.52 Å². The Bertz CT molecular complexity index is 909. The lowest BCUT2D eigenvalue weighted by Gasteiger charge is -2.11. The zero-order valence-corrected chi connectivity index (χ0v) is 16.6. The third-order valence-electron chi connectivity index (χ3n) is 3.86. The van der Waals surface area contributed by atoms with Crippen LogP contribution in [-0.2, 0) is 14.8 Å². The molecule has 1 saturated carbocycles. The summed E-state index contributed by atoms with van der Waals surface area (Å²) in [6, 6.07) is 11.1. The molecule has 1 aliphatic rings. The van der Waals surface area contributed by atoms with Crippen molar-refractivity contribution < 1.29 is 17.9 Å². The fourth-order valence-electron chi connectivity index (χ4n) is 2.36. The SMILES string of the molecule is CCOc1ccc(NS(=O)(=O)c2ccc(NC(=O)C3CC3)cc2)cc1Br. The molecule has 26 heavy (non-hydrogen) atoms. The number of halogens is 1. The highest BCUT2D eigenvalue weighted by molar-refractivity contribution is 9.10. The Kier molecular flexibility index (Phi) is 5.52. The first-order valence-electron chi connectivity index (χ1n) is 8.25. The molecule has 138 valence electrons. The zero-order chi connectivity index (χ0) is 18.7. The van der Waals surface area contributed by atoms with E-state index < -0.39 is 10.0 Å². The van der Waals surface area contributed by atoms with Gasteiger partial charge in [0.05, 0.1) is 21.7 Å². The molecule has 1 amide bonds. The van der Waals surface area contributed by atoms with Crippen LogP contribution >= 0.6 is 15.9 Å². The summed E-state index contributed by atoms with van der Waals surface area (Å²) in [6.45, 7) is 2.40. The van der Waals surface area contributed by atoms with Gasteiger partial charge in [0.2, 0.25) is 5.91 Å². The molecule has 0 saturated heterocycles. The lowest BCUT2D eigenvalue weighted by atomic mass is 10.3. The van der Waals surface area contributed by atoms with Gasteiger partial charge in [0.15, 0.2) is 0 Å². The van der Waals surface area contributed by atoms with E-state index in [1.807, 2.05) is 6.92 Å². The smallest absolute Gasteiger partial charge is 0.261 e. The van der Waals surface area contributed by atoms with Gasteiger partial charge in [0.1, 0.15) is 5.75 Å². The molecular formula is C18H19BrN2O4S. The molecule has 0 radical (unpaired) electrons. The predicted octanol–water partition coefficient (Wildman–Crippen LogP) is 4.00. The van der Waals surface area contributed by atoms with E-state index >= 15 is 0 Å². The number of sulfonamides is 1. The molecule has 0 atom stereocenters. The number of ether oxygens (including phenoxy) is 1. The van der Waals surface area contributed by atoms with Crippen molar-refractivity contribution in [2.75, 3.05) is 16.6 Å². The first-order chi connectivity index (χ1) is 12.4. The summed E-state index contributed by atoms with van der Waals surface area (Å²) in [6.07, 6.45) is 1.83. The molecular weight excluding hydrogens is 420 g/mol. The largest absolute Gasteiger partial charge is 0.493 e. The molecule has 8 heteroatoms. The Morgan fingerprint density at radius 1 is 1.15 bits per heavy atom. The van der Waals surface area contributed by atoms with Crippen LogP contribution in [0, 0.1) is 5.92 Å². The van der Waals surface area contributed by atoms with Gasteiger partial charge in [-0.25, -0.2) is 8.42 Å². The number of anilines is 2. The second-order valence-corrected chi connectivity index (χ2v) is 8.51. The van der Waals surface area contributed by atoms with Crippen molar-refractivity contribution in [1.29, 1.82) is 0 Å². The molecule has 0 unspecified atom stereocenters. The van der Waals surface area contributed by atoms with Gasteiger partial charge < -0.3 is 10.1 Å². The fourth-order valence-corrected chi connectivity index (χ4v) is 3.90. The normalized spacial score (nSPS) is 13.9. The van der Waals surface area contributed by atoms with Crippen LogP contribution in [0.25, 0.3) is 0 Å². The highest BCUT2D eigenvalue weighted by Gasteiger charge is 2.29. The molecule has 2 N–H and O–H groups in total. The second-order valence-electron chi connectivity index (χ2n) is 5.97. The van der Waals surface area contributed by atoms with Crippen LogP contribution in [0.4, 0.5) is 11.4 Å². The highest BCUT2D eigenvalue weighted by atomic mass is 79.9. The summed E-state index contributed by atoms with van der Waals surface area (Å²) in [5.74, 6) is 0.724. The molecule has 2 aromatic carbocycles. The Morgan fingerprint density at radius 2 is 1.81 bits per heavy atom. The Morgan fingerprint density at radius 3 is 2.38 bits per heavy atom. The number of benzene rings is 2. The van der Waals surface area contributed by atoms with Gasteiger partial charge in [0.25, 0.3) is 10.0 Å². The minimum atomic E-state index is -3.73. The van der Waals surface area contributed by atoms with E-state index in [9.17, 15) is 13.2 Å². The molecule has 0 heterocycles. The molecule has 3 rings (SSSR count). The minimum absolute atomic E-state index is 0.0158. The van der Waals surface area contributed by atoms with Crippen LogP contribution in [-0.4, -0.2) is 20.9 Å². The molecule has 0 aromatic heterocycles. The topological polar surface area (TPSA) is 84.5 Å². The monoisotopic (exact) mass is 438 g/mol. The van der Waals surface area contributed by atoms with Crippen molar-refractivity contribution >= 4 is 43.2 Å². The van der Waals surface area contributed by atoms with Crippen molar-refractivity contribution in [3.63, 3.8) is 0 Å². The van der Waals surface area contributed by atoms with Crippen LogP contribution < -0.4 is 14.8 Å². The molecule has 2 aromatic rings. The van der Waals surface area contributed by atoms with E-state index in [-0.39, 0.29) is 16.7 Å². The summed E-state index contributed by atoms with van der Waals surface area (Å²) in [5, 5.41) is 2.78. The zero-order valence-electron chi connectivity index (χ0n) is 14.2. The number of carbonyl (C=O) groups is 1. The van der Waals surface area contributed by atoms with Crippen molar-refractivity contribution in [2.45, 2.75) is 24.7 Å². The number of nitrogens with one attached hydrogen (secondary N) is 2. The Hall–Kier alpha value is -2.06. The van der Waals surface area contributed by atoms with E-state index in [4.69, 9.17) is 4.74 Å². The quantitative estimate of drug-likeness (QED) is 0.683. The number of amides is 1. The van der Waals surface area contributed by atoms with Gasteiger partial charge in [-0.2, -0.15) is 0 Å². The fraction of sp³-hybridized carbons (Fsp3) is 0.278. The third kappa shape index (κ3) is 4.56. The highest BCUT2D eigenvalue weighted by Crippen LogP contribution is 2.31. The number of carbonyl (C=O) groups excluding carboxylic acids is 1. The van der Waals surface area contributed by atoms with Gasteiger partial charge in [-0.15, -0.1) is 0 Å². The summed E-state index contributed by atoms with van der Waals surface area (Å²) >= 11 is 3.36. The molecule has 0 bridgehead atoms. The second kappa shape index (κ2) is 7.67.